The predicted octanol–water partition coefficient (Wildman–Crippen LogP) is 2.94. The van der Waals surface area contributed by atoms with Gasteiger partial charge >= 0.3 is 6.61 Å². The van der Waals surface area contributed by atoms with Crippen molar-refractivity contribution in [3.05, 3.63) is 30.3 Å². The molecule has 0 fully saturated rings. The quantitative estimate of drug-likeness (QED) is 0.743. The molecule has 0 aromatic heterocycles. The van der Waals surface area contributed by atoms with E-state index in [9.17, 15) is 8.78 Å². The molecule has 1 aromatic carbocycles. The molecule has 1 rings (SSSR count). The molecule has 2 nitrogen and oxygen atoms in total. The number of benzene rings is 1. The number of alkyl halides is 2. The Morgan fingerprint density at radius 3 is 2.57 bits per heavy atom. The molecule has 0 saturated heterocycles. The Hall–Kier alpha value is -1.58. The van der Waals surface area contributed by atoms with Crippen molar-refractivity contribution < 1.29 is 18.3 Å². The van der Waals surface area contributed by atoms with E-state index in [0.717, 1.165) is 5.56 Å². The standard InChI is InChI=1S/C10H10F2O2/c1-3-7-4-5-8(14-10(11)12)9(6-7)13-2/h3-6,10H,1H2,2H3. The van der Waals surface area contributed by atoms with Crippen LogP contribution in [0.5, 0.6) is 11.5 Å². The van der Waals surface area contributed by atoms with Crippen LogP contribution in [-0.4, -0.2) is 13.7 Å². The highest BCUT2D eigenvalue weighted by molar-refractivity contribution is 5.54. The van der Waals surface area contributed by atoms with Crippen molar-refractivity contribution >= 4 is 6.08 Å². The van der Waals surface area contributed by atoms with Gasteiger partial charge in [0.1, 0.15) is 0 Å². The third-order valence-electron chi connectivity index (χ3n) is 1.64. The van der Waals surface area contributed by atoms with E-state index in [0.29, 0.717) is 0 Å². The minimum absolute atomic E-state index is 0.0214. The Morgan fingerprint density at radius 2 is 2.07 bits per heavy atom. The summed E-state index contributed by atoms with van der Waals surface area (Å²) in [4.78, 5) is 0. The summed E-state index contributed by atoms with van der Waals surface area (Å²) in [6.07, 6.45) is 1.59. The number of ether oxygens (including phenoxy) is 2. The molecule has 1 aromatic rings. The molecule has 0 aliphatic rings. The first kappa shape index (κ1) is 10.5. The third kappa shape index (κ3) is 2.45. The average Bonchev–Trinajstić information content (AvgIpc) is 2.17. The van der Waals surface area contributed by atoms with Crippen molar-refractivity contribution in [1.29, 1.82) is 0 Å². The van der Waals surface area contributed by atoms with Crippen LogP contribution in [0, 0.1) is 0 Å². The lowest BCUT2D eigenvalue weighted by Gasteiger charge is -2.09. The SMILES string of the molecule is C=Cc1ccc(OC(F)F)c(OC)c1. The molecule has 0 heterocycles. The van der Waals surface area contributed by atoms with E-state index in [2.05, 4.69) is 11.3 Å². The minimum Gasteiger partial charge on any atom is -0.493 e. The lowest BCUT2D eigenvalue weighted by molar-refractivity contribution is -0.0512. The van der Waals surface area contributed by atoms with Crippen LogP contribution in [0.15, 0.2) is 24.8 Å². The van der Waals surface area contributed by atoms with E-state index < -0.39 is 6.61 Å². The van der Waals surface area contributed by atoms with Crippen LogP contribution in [0.4, 0.5) is 8.78 Å². The van der Waals surface area contributed by atoms with Gasteiger partial charge in [0.15, 0.2) is 11.5 Å². The van der Waals surface area contributed by atoms with Crippen LogP contribution in [0.1, 0.15) is 5.56 Å². The van der Waals surface area contributed by atoms with Gasteiger partial charge in [-0.05, 0) is 17.7 Å². The molecular formula is C10H10F2O2. The summed E-state index contributed by atoms with van der Waals surface area (Å²) in [6, 6.07) is 4.61. The second kappa shape index (κ2) is 4.60. The number of halogens is 2. The summed E-state index contributed by atoms with van der Waals surface area (Å²) in [5.74, 6) is 0.288. The molecule has 14 heavy (non-hydrogen) atoms. The van der Waals surface area contributed by atoms with E-state index in [-0.39, 0.29) is 11.5 Å². The summed E-state index contributed by atoms with van der Waals surface area (Å²) in [5, 5.41) is 0. The van der Waals surface area contributed by atoms with Crippen LogP contribution in [0.25, 0.3) is 6.08 Å². The monoisotopic (exact) mass is 200 g/mol. The molecule has 0 radical (unpaired) electrons. The highest BCUT2D eigenvalue weighted by Gasteiger charge is 2.09. The average molecular weight is 200 g/mol. The first-order valence-electron chi connectivity index (χ1n) is 3.92. The van der Waals surface area contributed by atoms with Crippen molar-refractivity contribution in [2.45, 2.75) is 6.61 Å². The molecular weight excluding hydrogens is 190 g/mol. The molecule has 0 N–H and O–H groups in total. The molecule has 0 aliphatic heterocycles. The lowest BCUT2D eigenvalue weighted by atomic mass is 10.2. The van der Waals surface area contributed by atoms with Crippen LogP contribution < -0.4 is 9.47 Å². The molecule has 0 aliphatic carbocycles. The largest absolute Gasteiger partial charge is 0.493 e. The van der Waals surface area contributed by atoms with Gasteiger partial charge in [0.25, 0.3) is 0 Å². The van der Waals surface area contributed by atoms with Gasteiger partial charge in [0, 0.05) is 0 Å². The first-order valence-corrected chi connectivity index (χ1v) is 3.92. The van der Waals surface area contributed by atoms with E-state index in [1.807, 2.05) is 0 Å². The van der Waals surface area contributed by atoms with E-state index >= 15 is 0 Å². The Kier molecular flexibility index (Phi) is 3.45. The highest BCUT2D eigenvalue weighted by atomic mass is 19.3. The fourth-order valence-corrected chi connectivity index (χ4v) is 1.00. The summed E-state index contributed by atoms with van der Waals surface area (Å²) >= 11 is 0. The van der Waals surface area contributed by atoms with Crippen molar-refractivity contribution in [1.82, 2.24) is 0 Å². The van der Waals surface area contributed by atoms with Crippen LogP contribution in [0.3, 0.4) is 0 Å². The van der Waals surface area contributed by atoms with Crippen molar-refractivity contribution in [2.24, 2.45) is 0 Å². The summed E-state index contributed by atoms with van der Waals surface area (Å²) in [7, 11) is 1.39. The van der Waals surface area contributed by atoms with Crippen molar-refractivity contribution in [2.75, 3.05) is 7.11 Å². The molecule has 0 saturated carbocycles. The molecule has 4 heteroatoms. The van der Waals surface area contributed by atoms with Crippen LogP contribution in [-0.2, 0) is 0 Å². The Morgan fingerprint density at radius 1 is 1.36 bits per heavy atom. The maximum absolute atomic E-state index is 11.9. The zero-order chi connectivity index (χ0) is 10.6. The fraction of sp³-hybridized carbons (Fsp3) is 0.200. The molecule has 0 amide bonds. The van der Waals surface area contributed by atoms with Gasteiger partial charge in [-0.25, -0.2) is 0 Å². The van der Waals surface area contributed by atoms with Gasteiger partial charge in [0.05, 0.1) is 7.11 Å². The molecule has 0 unspecified atom stereocenters. The van der Waals surface area contributed by atoms with Gasteiger partial charge in [-0.2, -0.15) is 8.78 Å². The third-order valence-corrected chi connectivity index (χ3v) is 1.64. The number of methoxy groups -OCH3 is 1. The lowest BCUT2D eigenvalue weighted by Crippen LogP contribution is -2.03. The van der Waals surface area contributed by atoms with E-state index in [1.54, 1.807) is 18.2 Å². The van der Waals surface area contributed by atoms with Gasteiger partial charge < -0.3 is 9.47 Å². The van der Waals surface area contributed by atoms with Crippen LogP contribution >= 0.6 is 0 Å². The maximum atomic E-state index is 11.9. The number of hydrogen-bond donors (Lipinski definition) is 0. The Balaban J connectivity index is 2.98. The second-order valence-electron chi connectivity index (χ2n) is 2.49. The zero-order valence-electron chi connectivity index (χ0n) is 7.67. The number of hydrogen-bond acceptors (Lipinski definition) is 2. The van der Waals surface area contributed by atoms with Gasteiger partial charge in [-0.3, -0.25) is 0 Å². The molecule has 0 bridgehead atoms. The van der Waals surface area contributed by atoms with Gasteiger partial charge in [-0.15, -0.1) is 0 Å². The van der Waals surface area contributed by atoms with Gasteiger partial charge in [0.2, 0.25) is 0 Å². The predicted molar refractivity (Wildman–Crippen MR) is 49.7 cm³/mol. The zero-order valence-corrected chi connectivity index (χ0v) is 7.67. The highest BCUT2D eigenvalue weighted by Crippen LogP contribution is 2.29. The molecule has 76 valence electrons. The Bertz CT molecular complexity index is 324. The topological polar surface area (TPSA) is 18.5 Å². The molecule has 0 atom stereocenters. The minimum atomic E-state index is -2.85. The van der Waals surface area contributed by atoms with Crippen LogP contribution in [0.2, 0.25) is 0 Å². The smallest absolute Gasteiger partial charge is 0.387 e. The van der Waals surface area contributed by atoms with E-state index in [4.69, 9.17) is 4.74 Å². The molecule has 0 spiro atoms. The Labute approximate surface area is 80.8 Å². The summed E-state index contributed by atoms with van der Waals surface area (Å²) in [6.45, 7) is 0.704. The summed E-state index contributed by atoms with van der Waals surface area (Å²) in [5.41, 5.74) is 0.781. The van der Waals surface area contributed by atoms with Crippen molar-refractivity contribution in [3.8, 4) is 11.5 Å². The van der Waals surface area contributed by atoms with Gasteiger partial charge in [-0.1, -0.05) is 18.7 Å². The van der Waals surface area contributed by atoms with Crippen molar-refractivity contribution in [3.63, 3.8) is 0 Å². The number of rotatable bonds is 4. The maximum Gasteiger partial charge on any atom is 0.387 e. The van der Waals surface area contributed by atoms with E-state index in [1.165, 1.54) is 13.2 Å². The normalized spacial score (nSPS) is 10.0. The second-order valence-corrected chi connectivity index (χ2v) is 2.49. The first-order chi connectivity index (χ1) is 6.67. The fourth-order valence-electron chi connectivity index (χ4n) is 1.00. The summed E-state index contributed by atoms with van der Waals surface area (Å²) < 4.78 is 33.0.